The predicted octanol–water partition coefficient (Wildman–Crippen LogP) is 5.20. The summed E-state index contributed by atoms with van der Waals surface area (Å²) in [5, 5.41) is 21.6. The number of halogens is 3. The van der Waals surface area contributed by atoms with Crippen molar-refractivity contribution < 1.29 is 14.9 Å². The third kappa shape index (κ3) is 5.64. The lowest BCUT2D eigenvalue weighted by Crippen LogP contribution is -2.46. The van der Waals surface area contributed by atoms with Gasteiger partial charge >= 0.3 is 0 Å². The Balaban J connectivity index is 0.00000171. The maximum Gasteiger partial charge on any atom is 0.201 e. The van der Waals surface area contributed by atoms with E-state index in [1.54, 1.807) is 24.9 Å². The Hall–Kier alpha value is -1.64. The molecule has 2 heterocycles. The van der Waals surface area contributed by atoms with E-state index in [4.69, 9.17) is 4.74 Å². The van der Waals surface area contributed by atoms with Gasteiger partial charge in [0, 0.05) is 31.6 Å². The number of benzene rings is 2. The first-order valence-corrected chi connectivity index (χ1v) is 10.8. The summed E-state index contributed by atoms with van der Waals surface area (Å²) in [5.41, 5.74) is 3.16. The van der Waals surface area contributed by atoms with Gasteiger partial charge in [0.2, 0.25) is 5.88 Å². The van der Waals surface area contributed by atoms with Crippen molar-refractivity contribution in [1.29, 1.82) is 0 Å². The van der Waals surface area contributed by atoms with Crippen molar-refractivity contribution in [2.45, 2.75) is 12.3 Å². The summed E-state index contributed by atoms with van der Waals surface area (Å²) in [6, 6.07) is 13.4. The van der Waals surface area contributed by atoms with Gasteiger partial charge in [-0.05, 0) is 36.4 Å². The highest BCUT2D eigenvalue weighted by molar-refractivity contribution is 8.02. The zero-order chi connectivity index (χ0) is 20.4. The van der Waals surface area contributed by atoms with E-state index in [-0.39, 0.29) is 54.1 Å². The molecule has 1 unspecified atom stereocenters. The number of piperazine rings is 1. The van der Waals surface area contributed by atoms with Gasteiger partial charge in [0.1, 0.15) is 5.37 Å². The second kappa shape index (κ2) is 12.6. The number of aromatic hydroxyl groups is 2. The van der Waals surface area contributed by atoms with Crippen LogP contribution in [0.1, 0.15) is 17.9 Å². The number of nitrogens with zero attached hydrogens (tertiary/aromatic N) is 3. The van der Waals surface area contributed by atoms with E-state index in [9.17, 15) is 10.2 Å². The maximum atomic E-state index is 10.0. The summed E-state index contributed by atoms with van der Waals surface area (Å²) >= 11 is 1.62. The summed E-state index contributed by atoms with van der Waals surface area (Å²) in [6.45, 7) is 7.38. The minimum Gasteiger partial charge on any atom is -0.504 e. The second-order valence-corrected chi connectivity index (χ2v) is 8.13. The quantitative estimate of drug-likeness (QED) is 0.523. The Labute approximate surface area is 212 Å². The molecule has 0 amide bonds. The van der Waals surface area contributed by atoms with Crippen LogP contribution in [-0.2, 0) is 4.74 Å². The average Bonchev–Trinajstić information content (AvgIpc) is 3.19. The molecule has 178 valence electrons. The minimum atomic E-state index is -0.114. The summed E-state index contributed by atoms with van der Waals surface area (Å²) in [5.74, 6) is 0.544. The second-order valence-electron chi connectivity index (χ2n) is 7.18. The summed E-state index contributed by atoms with van der Waals surface area (Å²) < 4.78 is 5.69. The van der Waals surface area contributed by atoms with Crippen molar-refractivity contribution in [2.24, 2.45) is 0 Å². The van der Waals surface area contributed by atoms with E-state index in [2.05, 4.69) is 39.8 Å². The molecule has 0 spiro atoms. The molecule has 2 aliphatic rings. The molecule has 0 aromatic heterocycles. The van der Waals surface area contributed by atoms with Crippen molar-refractivity contribution in [2.75, 3.05) is 49.6 Å². The van der Waals surface area contributed by atoms with Crippen LogP contribution in [-0.4, -0.2) is 54.9 Å². The van der Waals surface area contributed by atoms with Gasteiger partial charge in [-0.3, -0.25) is 4.90 Å². The Bertz CT molecular complexity index is 911. The molecule has 4 rings (SSSR count). The molecule has 10 heteroatoms. The zero-order valence-corrected chi connectivity index (χ0v) is 21.3. The normalized spacial score (nSPS) is 18.2. The monoisotopic (exact) mass is 521 g/mol. The van der Waals surface area contributed by atoms with Crippen LogP contribution in [0.4, 0.5) is 11.4 Å². The maximum absolute atomic E-state index is 10.0. The molecule has 32 heavy (non-hydrogen) atoms. The summed E-state index contributed by atoms with van der Waals surface area (Å²) in [6.07, 6.45) is 0. The smallest absolute Gasteiger partial charge is 0.201 e. The van der Waals surface area contributed by atoms with E-state index in [0.717, 1.165) is 49.9 Å². The lowest BCUT2D eigenvalue weighted by Gasteiger charge is -2.38. The van der Waals surface area contributed by atoms with Crippen LogP contribution in [0.2, 0.25) is 0 Å². The molecular formula is C22H30Cl3N3O3S. The fourth-order valence-corrected chi connectivity index (χ4v) is 5.01. The molecule has 0 bridgehead atoms. The van der Waals surface area contributed by atoms with E-state index in [1.165, 1.54) is 11.8 Å². The molecule has 1 saturated heterocycles. The number of thioether (sulfide) groups is 1. The van der Waals surface area contributed by atoms with Crippen LogP contribution in [0.3, 0.4) is 0 Å². The minimum absolute atomic E-state index is 0. The van der Waals surface area contributed by atoms with Gasteiger partial charge in [-0.15, -0.1) is 37.2 Å². The molecule has 2 aliphatic heterocycles. The number of ether oxygens (including phenoxy) is 1. The van der Waals surface area contributed by atoms with E-state index < -0.39 is 0 Å². The highest BCUT2D eigenvalue weighted by Gasteiger charge is 2.33. The van der Waals surface area contributed by atoms with Crippen LogP contribution >= 0.6 is 49.0 Å². The van der Waals surface area contributed by atoms with Gasteiger partial charge in [-0.25, -0.2) is 0 Å². The lowest BCUT2D eigenvalue weighted by atomic mass is 10.1. The molecule has 0 aliphatic carbocycles. The van der Waals surface area contributed by atoms with Crippen molar-refractivity contribution in [3.05, 3.63) is 59.3 Å². The van der Waals surface area contributed by atoms with Gasteiger partial charge < -0.3 is 24.7 Å². The SMILES string of the molecule is CCN1CCN(c2ccccc2N2C(OC)=CSC2c2ccc(O)c(O)c2)CC1.Cl.Cl.Cl. The predicted molar refractivity (Wildman–Crippen MR) is 140 cm³/mol. The number of hydrogen-bond acceptors (Lipinski definition) is 7. The summed E-state index contributed by atoms with van der Waals surface area (Å²) in [7, 11) is 1.68. The van der Waals surface area contributed by atoms with Gasteiger partial charge in [0.25, 0.3) is 0 Å². The van der Waals surface area contributed by atoms with Crippen LogP contribution in [0.5, 0.6) is 11.5 Å². The van der Waals surface area contributed by atoms with Crippen LogP contribution in [0, 0.1) is 0 Å². The molecule has 2 aromatic rings. The largest absolute Gasteiger partial charge is 0.504 e. The lowest BCUT2D eigenvalue weighted by molar-refractivity contribution is 0.270. The van der Waals surface area contributed by atoms with E-state index in [0.29, 0.717) is 0 Å². The molecular weight excluding hydrogens is 493 g/mol. The number of phenolic OH excluding ortho intramolecular Hbond substituents is 2. The number of hydrogen-bond donors (Lipinski definition) is 2. The highest BCUT2D eigenvalue weighted by Crippen LogP contribution is 2.49. The third-order valence-corrected chi connectivity index (χ3v) is 6.64. The Morgan fingerprint density at radius 2 is 1.59 bits per heavy atom. The average molecular weight is 523 g/mol. The van der Waals surface area contributed by atoms with Gasteiger partial charge in [0.15, 0.2) is 11.5 Å². The van der Waals surface area contributed by atoms with Crippen molar-refractivity contribution in [1.82, 2.24) is 4.90 Å². The Morgan fingerprint density at radius 1 is 0.938 bits per heavy atom. The molecule has 2 N–H and O–H groups in total. The standard InChI is InChI=1S/C22H27N3O3S.3ClH/c1-3-23-10-12-24(13-11-23)17-6-4-5-7-18(17)25-21(28-2)15-29-22(25)16-8-9-19(26)20(27)14-16;;;/h4-9,14-15,22,26-27H,3,10-13H2,1-2H3;3*1H. The first kappa shape index (κ1) is 28.4. The molecule has 1 atom stereocenters. The molecule has 1 fully saturated rings. The first-order chi connectivity index (χ1) is 14.1. The number of para-hydroxylation sites is 2. The molecule has 0 saturated carbocycles. The van der Waals surface area contributed by atoms with Crippen molar-refractivity contribution >= 4 is 60.4 Å². The first-order valence-electron chi connectivity index (χ1n) is 9.89. The van der Waals surface area contributed by atoms with Crippen LogP contribution < -0.4 is 9.80 Å². The van der Waals surface area contributed by atoms with E-state index in [1.807, 2.05) is 17.5 Å². The van der Waals surface area contributed by atoms with Crippen LogP contribution in [0.15, 0.2) is 53.8 Å². The zero-order valence-electron chi connectivity index (χ0n) is 18.0. The van der Waals surface area contributed by atoms with Crippen molar-refractivity contribution in [3.8, 4) is 11.5 Å². The van der Waals surface area contributed by atoms with Gasteiger partial charge in [0.05, 0.1) is 18.5 Å². The van der Waals surface area contributed by atoms with E-state index >= 15 is 0 Å². The summed E-state index contributed by atoms with van der Waals surface area (Å²) in [4.78, 5) is 7.06. The third-order valence-electron chi connectivity index (χ3n) is 5.56. The number of phenols is 2. The number of likely N-dealkylation sites (N-methyl/N-ethyl adjacent to an activating group) is 1. The Kier molecular flexibility index (Phi) is 11.1. The topological polar surface area (TPSA) is 59.4 Å². The highest BCUT2D eigenvalue weighted by atomic mass is 35.5. The fourth-order valence-electron chi connectivity index (χ4n) is 3.91. The molecule has 2 aromatic carbocycles. The fraction of sp³-hybridized carbons (Fsp3) is 0.364. The van der Waals surface area contributed by atoms with Crippen molar-refractivity contribution in [3.63, 3.8) is 0 Å². The molecule has 0 radical (unpaired) electrons. The molecule has 6 nitrogen and oxygen atoms in total. The number of anilines is 2. The number of methoxy groups -OCH3 is 1. The van der Waals surface area contributed by atoms with Gasteiger partial charge in [-0.2, -0.15) is 0 Å². The number of rotatable bonds is 5. The van der Waals surface area contributed by atoms with Crippen LogP contribution in [0.25, 0.3) is 0 Å². The Morgan fingerprint density at radius 3 is 2.19 bits per heavy atom. The van der Waals surface area contributed by atoms with Gasteiger partial charge in [-0.1, -0.05) is 36.9 Å².